The number of benzene rings is 3. The van der Waals surface area contributed by atoms with Gasteiger partial charge in [-0.1, -0.05) is 65.7 Å². The van der Waals surface area contributed by atoms with Crippen molar-refractivity contribution in [2.45, 2.75) is 25.5 Å². The summed E-state index contributed by atoms with van der Waals surface area (Å²) in [7, 11) is 0. The Hall–Kier alpha value is -2.11. The van der Waals surface area contributed by atoms with E-state index < -0.39 is 6.10 Å². The van der Waals surface area contributed by atoms with Gasteiger partial charge in [-0.2, -0.15) is 0 Å². The van der Waals surface area contributed by atoms with Gasteiger partial charge < -0.3 is 10.8 Å². The molecular weight excluding hydrogens is 422 g/mol. The highest BCUT2D eigenvalue weighted by Crippen LogP contribution is 2.31. The van der Waals surface area contributed by atoms with Gasteiger partial charge in [0.2, 0.25) is 0 Å². The first-order valence-corrected chi connectivity index (χ1v) is 10.6. The molecule has 0 spiro atoms. The molecule has 0 aliphatic rings. The van der Waals surface area contributed by atoms with E-state index in [1.165, 1.54) is 17.7 Å². The number of aliphatic hydroxyl groups is 1. The summed E-state index contributed by atoms with van der Waals surface area (Å²) < 4.78 is 13.1. The molecule has 3 N–H and O–H groups in total. The van der Waals surface area contributed by atoms with Crippen molar-refractivity contribution in [3.05, 3.63) is 99.3 Å². The number of hydrogen-bond donors (Lipinski definition) is 2. The van der Waals surface area contributed by atoms with E-state index in [2.05, 4.69) is 17.0 Å². The molecule has 3 aromatic rings. The number of halogens is 3. The van der Waals surface area contributed by atoms with Crippen LogP contribution in [-0.4, -0.2) is 23.1 Å². The van der Waals surface area contributed by atoms with Gasteiger partial charge in [-0.25, -0.2) is 4.39 Å². The van der Waals surface area contributed by atoms with Gasteiger partial charge in [-0.05, 0) is 60.3 Å². The van der Waals surface area contributed by atoms with Crippen molar-refractivity contribution in [2.24, 2.45) is 0 Å². The molecule has 1 atom stereocenters. The van der Waals surface area contributed by atoms with Crippen molar-refractivity contribution in [3.8, 4) is 0 Å². The van der Waals surface area contributed by atoms with Gasteiger partial charge in [0.1, 0.15) is 5.82 Å². The fourth-order valence-electron chi connectivity index (χ4n) is 3.38. The van der Waals surface area contributed by atoms with Crippen LogP contribution < -0.4 is 5.73 Å². The minimum absolute atomic E-state index is 0.228. The maximum absolute atomic E-state index is 13.1. The largest absolute Gasteiger partial charge is 0.396 e. The van der Waals surface area contributed by atoms with Gasteiger partial charge in [0.25, 0.3) is 0 Å². The molecule has 0 aliphatic heterocycles. The van der Waals surface area contributed by atoms with E-state index in [-0.39, 0.29) is 5.82 Å². The number of hydrogen-bond acceptors (Lipinski definition) is 3. The van der Waals surface area contributed by atoms with Crippen LogP contribution in [0.1, 0.15) is 29.2 Å². The van der Waals surface area contributed by atoms with Crippen LogP contribution in [0.4, 0.5) is 10.1 Å². The molecule has 3 aromatic carbocycles. The van der Waals surface area contributed by atoms with Crippen molar-refractivity contribution in [2.75, 3.05) is 18.8 Å². The van der Waals surface area contributed by atoms with Crippen LogP contribution in [0.3, 0.4) is 0 Å². The normalized spacial score (nSPS) is 12.3. The van der Waals surface area contributed by atoms with Gasteiger partial charge in [-0.3, -0.25) is 4.90 Å². The summed E-state index contributed by atoms with van der Waals surface area (Å²) in [5.74, 6) is -0.228. The number of nitrogen functional groups attached to an aromatic ring is 1. The quantitative estimate of drug-likeness (QED) is 0.403. The third-order valence-electron chi connectivity index (χ3n) is 5.02. The van der Waals surface area contributed by atoms with Crippen LogP contribution in [0.5, 0.6) is 0 Å². The first-order chi connectivity index (χ1) is 14.4. The average molecular weight is 447 g/mol. The standard InChI is InChI=1S/C24H25Cl2FN2O/c25-21-13-19(14-22(26)24(21)28)23(30)16-29(15-18-5-2-1-3-6-18)12-4-7-17-8-10-20(27)11-9-17/h1-3,5-6,8-11,13-14,23,30H,4,7,12,15-16,28H2. The number of aliphatic hydroxyl groups excluding tert-OH is 1. The van der Waals surface area contributed by atoms with E-state index in [1.54, 1.807) is 12.1 Å². The predicted molar refractivity (Wildman–Crippen MR) is 122 cm³/mol. The number of anilines is 1. The number of nitrogens with zero attached hydrogens (tertiary/aromatic N) is 1. The van der Waals surface area contributed by atoms with E-state index in [0.29, 0.717) is 34.4 Å². The summed E-state index contributed by atoms with van der Waals surface area (Å²) in [5.41, 5.74) is 9.01. The van der Waals surface area contributed by atoms with Crippen LogP contribution in [0.25, 0.3) is 0 Å². The maximum atomic E-state index is 13.1. The lowest BCUT2D eigenvalue weighted by Gasteiger charge is -2.26. The highest BCUT2D eigenvalue weighted by Gasteiger charge is 2.17. The molecule has 0 amide bonds. The molecule has 1 unspecified atom stereocenters. The monoisotopic (exact) mass is 446 g/mol. The summed E-state index contributed by atoms with van der Waals surface area (Å²) in [6.07, 6.45) is 0.963. The summed E-state index contributed by atoms with van der Waals surface area (Å²) >= 11 is 12.3. The molecule has 6 heteroatoms. The first kappa shape index (κ1) is 22.6. The van der Waals surface area contributed by atoms with E-state index in [0.717, 1.165) is 24.9 Å². The van der Waals surface area contributed by atoms with Crippen LogP contribution in [0.15, 0.2) is 66.7 Å². The molecular formula is C24H25Cl2FN2O. The molecule has 158 valence electrons. The van der Waals surface area contributed by atoms with E-state index in [1.807, 2.05) is 30.3 Å². The fourth-order valence-corrected chi connectivity index (χ4v) is 3.88. The molecule has 0 bridgehead atoms. The van der Waals surface area contributed by atoms with Crippen molar-refractivity contribution < 1.29 is 9.50 Å². The summed E-state index contributed by atoms with van der Waals surface area (Å²) in [5, 5.41) is 11.5. The minimum atomic E-state index is -0.755. The molecule has 0 aliphatic carbocycles. The van der Waals surface area contributed by atoms with Gasteiger partial charge in [-0.15, -0.1) is 0 Å². The molecule has 0 radical (unpaired) electrons. The maximum Gasteiger partial charge on any atom is 0.123 e. The summed E-state index contributed by atoms with van der Waals surface area (Å²) in [6, 6.07) is 20.0. The smallest absolute Gasteiger partial charge is 0.123 e. The van der Waals surface area contributed by atoms with Crippen molar-refractivity contribution in [1.82, 2.24) is 4.90 Å². The molecule has 0 fully saturated rings. The Bertz CT molecular complexity index is 928. The highest BCUT2D eigenvalue weighted by atomic mass is 35.5. The van der Waals surface area contributed by atoms with Crippen molar-refractivity contribution in [1.29, 1.82) is 0 Å². The van der Waals surface area contributed by atoms with Gasteiger partial charge in [0, 0.05) is 13.1 Å². The summed E-state index contributed by atoms with van der Waals surface area (Å²) in [4.78, 5) is 2.20. The molecule has 0 aromatic heterocycles. The number of rotatable bonds is 9. The lowest BCUT2D eigenvalue weighted by atomic mass is 10.1. The molecule has 0 saturated carbocycles. The predicted octanol–water partition coefficient (Wildman–Crippen LogP) is 5.88. The molecule has 0 saturated heterocycles. The Morgan fingerprint density at radius 2 is 1.57 bits per heavy atom. The SMILES string of the molecule is Nc1c(Cl)cc(C(O)CN(CCCc2ccc(F)cc2)Cc2ccccc2)cc1Cl. The Balaban J connectivity index is 1.67. The van der Waals surface area contributed by atoms with Gasteiger partial charge in [0.05, 0.1) is 21.8 Å². The van der Waals surface area contributed by atoms with E-state index >= 15 is 0 Å². The Morgan fingerprint density at radius 1 is 0.933 bits per heavy atom. The highest BCUT2D eigenvalue weighted by molar-refractivity contribution is 6.38. The lowest BCUT2D eigenvalue weighted by molar-refractivity contribution is 0.108. The zero-order valence-corrected chi connectivity index (χ0v) is 18.1. The van der Waals surface area contributed by atoms with Gasteiger partial charge >= 0.3 is 0 Å². The van der Waals surface area contributed by atoms with Crippen LogP contribution in [-0.2, 0) is 13.0 Å². The number of aryl methyl sites for hydroxylation is 1. The Labute approximate surface area is 186 Å². The molecule has 30 heavy (non-hydrogen) atoms. The first-order valence-electron chi connectivity index (χ1n) is 9.85. The van der Waals surface area contributed by atoms with E-state index in [9.17, 15) is 9.50 Å². The van der Waals surface area contributed by atoms with Crippen LogP contribution >= 0.6 is 23.2 Å². The average Bonchev–Trinajstić information content (AvgIpc) is 2.73. The third-order valence-corrected chi connectivity index (χ3v) is 5.64. The van der Waals surface area contributed by atoms with Crippen molar-refractivity contribution in [3.63, 3.8) is 0 Å². The second kappa shape index (κ2) is 10.8. The Kier molecular flexibility index (Phi) is 8.11. The van der Waals surface area contributed by atoms with Gasteiger partial charge in [0.15, 0.2) is 0 Å². The Morgan fingerprint density at radius 3 is 2.20 bits per heavy atom. The van der Waals surface area contributed by atoms with Crippen LogP contribution in [0, 0.1) is 5.82 Å². The molecule has 3 rings (SSSR count). The fraction of sp³-hybridized carbons (Fsp3) is 0.250. The summed E-state index contributed by atoms with van der Waals surface area (Å²) in [6.45, 7) is 1.91. The zero-order valence-electron chi connectivity index (χ0n) is 16.6. The zero-order chi connectivity index (χ0) is 21.5. The van der Waals surface area contributed by atoms with Crippen molar-refractivity contribution >= 4 is 28.9 Å². The molecule has 3 nitrogen and oxygen atoms in total. The number of nitrogens with two attached hydrogens (primary N) is 1. The third kappa shape index (κ3) is 6.44. The van der Waals surface area contributed by atoms with E-state index in [4.69, 9.17) is 28.9 Å². The van der Waals surface area contributed by atoms with Crippen LogP contribution in [0.2, 0.25) is 10.0 Å². The molecule has 0 heterocycles. The second-order valence-electron chi connectivity index (χ2n) is 7.36. The minimum Gasteiger partial charge on any atom is -0.396 e. The second-order valence-corrected chi connectivity index (χ2v) is 8.18. The topological polar surface area (TPSA) is 49.5 Å². The lowest BCUT2D eigenvalue weighted by Crippen LogP contribution is -2.29.